The Labute approximate surface area is 91.5 Å². The van der Waals surface area contributed by atoms with Crippen LogP contribution in [-0.2, 0) is 4.79 Å². The molecule has 1 saturated carbocycles. The number of carbonyl (C=O) groups excluding carboxylic acids is 1. The topological polar surface area (TPSA) is 32.7 Å². The van der Waals surface area contributed by atoms with Gasteiger partial charge in [-0.3, -0.25) is 4.79 Å². The first-order chi connectivity index (χ1) is 7.31. The van der Waals surface area contributed by atoms with Crippen LogP contribution in [0.25, 0.3) is 0 Å². The van der Waals surface area contributed by atoms with Crippen molar-refractivity contribution in [1.29, 1.82) is 0 Å². The number of hydrogen-bond acceptors (Lipinski definition) is 2. The van der Waals surface area contributed by atoms with E-state index in [1.165, 1.54) is 25.7 Å². The molecule has 0 aromatic carbocycles. The molecule has 15 heavy (non-hydrogen) atoms. The van der Waals surface area contributed by atoms with Gasteiger partial charge in [0.2, 0.25) is 5.91 Å². The molecule has 0 aromatic rings. The van der Waals surface area contributed by atoms with Crippen LogP contribution < -0.4 is 0 Å². The van der Waals surface area contributed by atoms with Crippen LogP contribution in [-0.4, -0.2) is 22.7 Å². The maximum Gasteiger partial charge on any atom is 0.248 e. The Morgan fingerprint density at radius 2 is 1.93 bits per heavy atom. The predicted octanol–water partition coefficient (Wildman–Crippen LogP) is 2.71. The largest absolute Gasteiger partial charge is 0.273 e. The molecule has 0 unspecified atom stereocenters. The van der Waals surface area contributed by atoms with Crippen molar-refractivity contribution < 1.29 is 4.79 Å². The van der Waals surface area contributed by atoms with E-state index in [2.05, 4.69) is 12.0 Å². The van der Waals surface area contributed by atoms with E-state index >= 15 is 0 Å². The molecule has 0 aromatic heterocycles. The number of carbonyl (C=O) groups is 1. The lowest BCUT2D eigenvalue weighted by Crippen LogP contribution is -2.32. The summed E-state index contributed by atoms with van der Waals surface area (Å²) in [6.45, 7) is 2.07. The maximum absolute atomic E-state index is 11.8. The fourth-order valence-corrected chi connectivity index (χ4v) is 2.48. The van der Waals surface area contributed by atoms with Crippen molar-refractivity contribution in [3.63, 3.8) is 0 Å². The highest BCUT2D eigenvalue weighted by molar-refractivity contribution is 6.04. The zero-order valence-corrected chi connectivity index (χ0v) is 9.54. The molecule has 1 fully saturated rings. The minimum absolute atomic E-state index is 0.221. The van der Waals surface area contributed by atoms with E-state index in [0.29, 0.717) is 12.5 Å². The van der Waals surface area contributed by atoms with Gasteiger partial charge in [0.15, 0.2) is 0 Å². The van der Waals surface area contributed by atoms with Crippen LogP contribution in [0.2, 0.25) is 0 Å². The van der Waals surface area contributed by atoms with E-state index in [-0.39, 0.29) is 5.91 Å². The second kappa shape index (κ2) is 4.77. The third-order valence-corrected chi connectivity index (χ3v) is 3.44. The van der Waals surface area contributed by atoms with Crippen LogP contribution in [0.1, 0.15) is 58.3 Å². The molecule has 1 aliphatic carbocycles. The molecule has 2 rings (SSSR count). The van der Waals surface area contributed by atoms with Crippen molar-refractivity contribution in [2.24, 2.45) is 5.10 Å². The first kappa shape index (κ1) is 10.7. The molecule has 0 radical (unpaired) electrons. The number of hydrogen-bond donors (Lipinski definition) is 0. The third kappa shape index (κ3) is 2.39. The predicted molar refractivity (Wildman–Crippen MR) is 60.7 cm³/mol. The van der Waals surface area contributed by atoms with Crippen LogP contribution in [0.3, 0.4) is 0 Å². The Balaban J connectivity index is 2.02. The second-order valence-electron chi connectivity index (χ2n) is 4.58. The zero-order chi connectivity index (χ0) is 10.7. The summed E-state index contributed by atoms with van der Waals surface area (Å²) in [7, 11) is 0. The summed E-state index contributed by atoms with van der Waals surface area (Å²) in [5.41, 5.74) is 1.06. The summed E-state index contributed by atoms with van der Waals surface area (Å²) in [6, 6.07) is 0.393. The van der Waals surface area contributed by atoms with Gasteiger partial charge in [0.25, 0.3) is 0 Å². The molecule has 0 bridgehead atoms. The number of hydrazone groups is 1. The minimum atomic E-state index is 0.221. The Bertz CT molecular complexity index is 265. The van der Waals surface area contributed by atoms with Crippen LogP contribution in [0, 0.1) is 0 Å². The third-order valence-electron chi connectivity index (χ3n) is 3.44. The van der Waals surface area contributed by atoms with Crippen LogP contribution in [0.4, 0.5) is 0 Å². The Morgan fingerprint density at radius 3 is 2.47 bits per heavy atom. The van der Waals surface area contributed by atoms with Gasteiger partial charge >= 0.3 is 0 Å². The number of rotatable bonds is 2. The average molecular weight is 208 g/mol. The second-order valence-corrected chi connectivity index (χ2v) is 4.58. The van der Waals surface area contributed by atoms with Crippen molar-refractivity contribution in [2.45, 2.75) is 64.3 Å². The van der Waals surface area contributed by atoms with Gasteiger partial charge in [0.05, 0.1) is 12.5 Å². The highest BCUT2D eigenvalue weighted by atomic mass is 16.2. The smallest absolute Gasteiger partial charge is 0.248 e. The highest BCUT2D eigenvalue weighted by Crippen LogP contribution is 2.25. The van der Waals surface area contributed by atoms with Crippen molar-refractivity contribution in [3.05, 3.63) is 0 Å². The van der Waals surface area contributed by atoms with E-state index in [4.69, 9.17) is 0 Å². The molecule has 3 nitrogen and oxygen atoms in total. The van der Waals surface area contributed by atoms with Crippen molar-refractivity contribution in [3.8, 4) is 0 Å². The Hall–Kier alpha value is -0.860. The Kier molecular flexibility index (Phi) is 3.39. The summed E-state index contributed by atoms with van der Waals surface area (Å²) in [5.74, 6) is 0.221. The van der Waals surface area contributed by atoms with Gasteiger partial charge in [0, 0.05) is 5.71 Å². The Morgan fingerprint density at radius 1 is 1.27 bits per heavy atom. The molecule has 84 valence electrons. The molecule has 1 aliphatic heterocycles. The highest BCUT2D eigenvalue weighted by Gasteiger charge is 2.29. The lowest BCUT2D eigenvalue weighted by molar-refractivity contribution is -0.131. The summed E-state index contributed by atoms with van der Waals surface area (Å²) in [5, 5.41) is 6.24. The van der Waals surface area contributed by atoms with Gasteiger partial charge in [-0.25, -0.2) is 5.01 Å². The standard InChI is InChI=1S/C12H20N2O/c1-2-10-9-12(15)14(13-10)11-7-5-3-4-6-8-11/h11H,2-9H2,1H3. The van der Waals surface area contributed by atoms with Crippen molar-refractivity contribution >= 4 is 11.6 Å². The summed E-state index contributed by atoms with van der Waals surface area (Å²) in [6.07, 6.45) is 8.92. The van der Waals surface area contributed by atoms with Crippen molar-refractivity contribution in [1.82, 2.24) is 5.01 Å². The first-order valence-corrected chi connectivity index (χ1v) is 6.19. The molecule has 0 saturated heterocycles. The first-order valence-electron chi connectivity index (χ1n) is 6.19. The van der Waals surface area contributed by atoms with E-state index in [9.17, 15) is 4.79 Å². The lowest BCUT2D eigenvalue weighted by Gasteiger charge is -2.22. The van der Waals surface area contributed by atoms with Gasteiger partial charge in [0.1, 0.15) is 0 Å². The van der Waals surface area contributed by atoms with Crippen LogP contribution in [0.5, 0.6) is 0 Å². The summed E-state index contributed by atoms with van der Waals surface area (Å²) >= 11 is 0. The van der Waals surface area contributed by atoms with Gasteiger partial charge in [-0.05, 0) is 19.3 Å². The quantitative estimate of drug-likeness (QED) is 0.642. The molecule has 2 aliphatic rings. The van der Waals surface area contributed by atoms with E-state index < -0.39 is 0 Å². The van der Waals surface area contributed by atoms with Gasteiger partial charge in [-0.1, -0.05) is 32.6 Å². The number of nitrogens with zero attached hydrogens (tertiary/aromatic N) is 2. The normalized spacial score (nSPS) is 24.2. The van der Waals surface area contributed by atoms with Gasteiger partial charge in [-0.2, -0.15) is 5.10 Å². The molecule has 3 heteroatoms. The van der Waals surface area contributed by atoms with Crippen LogP contribution in [0.15, 0.2) is 5.10 Å². The molecular formula is C12H20N2O. The SMILES string of the molecule is CCC1=NN(C2CCCCCC2)C(=O)C1. The maximum atomic E-state index is 11.8. The summed E-state index contributed by atoms with van der Waals surface area (Å²) < 4.78 is 0. The van der Waals surface area contributed by atoms with E-state index in [1.54, 1.807) is 5.01 Å². The summed E-state index contributed by atoms with van der Waals surface area (Å²) in [4.78, 5) is 11.8. The monoisotopic (exact) mass is 208 g/mol. The van der Waals surface area contributed by atoms with Crippen LogP contribution >= 0.6 is 0 Å². The van der Waals surface area contributed by atoms with Gasteiger partial charge in [-0.15, -0.1) is 0 Å². The van der Waals surface area contributed by atoms with E-state index in [0.717, 1.165) is 25.0 Å². The van der Waals surface area contributed by atoms with Gasteiger partial charge < -0.3 is 0 Å². The molecule has 1 amide bonds. The fraction of sp³-hybridized carbons (Fsp3) is 0.833. The minimum Gasteiger partial charge on any atom is -0.273 e. The molecule has 0 atom stereocenters. The zero-order valence-electron chi connectivity index (χ0n) is 9.54. The fourth-order valence-electron chi connectivity index (χ4n) is 2.48. The molecule has 0 spiro atoms. The molecule has 1 heterocycles. The number of amides is 1. The van der Waals surface area contributed by atoms with Crippen molar-refractivity contribution in [2.75, 3.05) is 0 Å². The molecule has 0 N–H and O–H groups in total. The lowest BCUT2D eigenvalue weighted by atomic mass is 10.1. The average Bonchev–Trinajstić information content (AvgIpc) is 2.48. The van der Waals surface area contributed by atoms with E-state index in [1.807, 2.05) is 0 Å². The molecular weight excluding hydrogens is 188 g/mol.